The molecule has 0 aliphatic carbocycles. The van der Waals surface area contributed by atoms with Gasteiger partial charge in [-0.2, -0.15) is 0 Å². The fraction of sp³-hybridized carbons (Fsp3) is 0.538. The second-order valence-electron chi connectivity index (χ2n) is 4.55. The van der Waals surface area contributed by atoms with Crippen LogP contribution in [-0.2, 0) is 10.8 Å². The molecule has 0 N–H and O–H groups in total. The summed E-state index contributed by atoms with van der Waals surface area (Å²) in [6.07, 6.45) is 0.154. The van der Waals surface area contributed by atoms with E-state index < -0.39 is 31.6 Å². The molecule has 0 atom stereocenters. The molecule has 0 heterocycles. The van der Waals surface area contributed by atoms with Gasteiger partial charge in [0.25, 0.3) is 0 Å². The minimum Gasteiger partial charge on any atom is -0.420 e. The molecule has 1 rings (SSSR count). The van der Waals surface area contributed by atoms with Gasteiger partial charge in [-0.25, -0.2) is 17.6 Å². The third-order valence-corrected chi connectivity index (χ3v) is 8.35. The SMILES string of the molecule is CC[Si](CC)(CCc1cc(F)c(F)c(F)c1F)OC. The summed E-state index contributed by atoms with van der Waals surface area (Å²) in [6.45, 7) is 3.98. The van der Waals surface area contributed by atoms with Crippen LogP contribution in [0.5, 0.6) is 0 Å². The highest BCUT2D eigenvalue weighted by Gasteiger charge is 2.30. The summed E-state index contributed by atoms with van der Waals surface area (Å²) in [5.74, 6) is -6.16. The summed E-state index contributed by atoms with van der Waals surface area (Å²) in [5, 5.41) is 0. The fourth-order valence-corrected chi connectivity index (χ4v) is 4.87. The molecule has 1 aromatic rings. The number of aryl methyl sites for hydroxylation is 1. The number of halogens is 4. The number of rotatable bonds is 6. The van der Waals surface area contributed by atoms with Crippen LogP contribution in [0.3, 0.4) is 0 Å². The molecule has 1 aromatic carbocycles. The maximum Gasteiger partial charge on any atom is 0.197 e. The third-order valence-electron chi connectivity index (χ3n) is 3.75. The summed E-state index contributed by atoms with van der Waals surface area (Å²) in [5.41, 5.74) is -0.132. The molecule has 0 unspecified atom stereocenters. The van der Waals surface area contributed by atoms with Gasteiger partial charge in [0.2, 0.25) is 0 Å². The molecule has 0 aromatic heterocycles. The van der Waals surface area contributed by atoms with Crippen molar-refractivity contribution >= 4 is 8.32 Å². The summed E-state index contributed by atoms with van der Waals surface area (Å²) < 4.78 is 58.1. The van der Waals surface area contributed by atoms with Crippen LogP contribution in [0.15, 0.2) is 6.07 Å². The van der Waals surface area contributed by atoms with Crippen molar-refractivity contribution in [1.82, 2.24) is 0 Å². The highest BCUT2D eigenvalue weighted by atomic mass is 28.4. The van der Waals surface area contributed by atoms with Crippen molar-refractivity contribution in [2.24, 2.45) is 0 Å². The van der Waals surface area contributed by atoms with Gasteiger partial charge in [0.15, 0.2) is 31.6 Å². The van der Waals surface area contributed by atoms with Gasteiger partial charge in [-0.1, -0.05) is 13.8 Å². The van der Waals surface area contributed by atoms with E-state index in [1.807, 2.05) is 13.8 Å². The van der Waals surface area contributed by atoms with E-state index in [0.717, 1.165) is 18.2 Å². The second kappa shape index (κ2) is 6.52. The number of benzene rings is 1. The molecule has 0 fully saturated rings. The normalized spacial score (nSPS) is 11.9. The molecule has 0 radical (unpaired) electrons. The molecule has 0 bridgehead atoms. The van der Waals surface area contributed by atoms with Crippen molar-refractivity contribution in [3.8, 4) is 0 Å². The molecule has 19 heavy (non-hydrogen) atoms. The largest absolute Gasteiger partial charge is 0.420 e. The number of hydrogen-bond acceptors (Lipinski definition) is 1. The van der Waals surface area contributed by atoms with Crippen molar-refractivity contribution in [2.75, 3.05) is 7.11 Å². The molecule has 0 aliphatic rings. The van der Waals surface area contributed by atoms with Crippen molar-refractivity contribution in [1.29, 1.82) is 0 Å². The molecular formula is C13H18F4OSi. The van der Waals surface area contributed by atoms with E-state index in [-0.39, 0.29) is 12.0 Å². The van der Waals surface area contributed by atoms with E-state index in [0.29, 0.717) is 6.04 Å². The van der Waals surface area contributed by atoms with E-state index in [9.17, 15) is 17.6 Å². The minimum absolute atomic E-state index is 0.132. The molecule has 0 aliphatic heterocycles. The van der Waals surface area contributed by atoms with Crippen LogP contribution >= 0.6 is 0 Å². The van der Waals surface area contributed by atoms with E-state index in [1.165, 1.54) is 0 Å². The Morgan fingerprint density at radius 1 is 1.00 bits per heavy atom. The van der Waals surface area contributed by atoms with Gasteiger partial charge in [-0.3, -0.25) is 0 Å². The molecule has 108 valence electrons. The third kappa shape index (κ3) is 3.36. The Morgan fingerprint density at radius 3 is 2.05 bits per heavy atom. The molecule has 6 heteroatoms. The van der Waals surface area contributed by atoms with E-state index >= 15 is 0 Å². The highest BCUT2D eigenvalue weighted by Crippen LogP contribution is 2.26. The van der Waals surface area contributed by atoms with Crippen molar-refractivity contribution in [2.45, 2.75) is 38.4 Å². The van der Waals surface area contributed by atoms with Crippen LogP contribution in [0.1, 0.15) is 19.4 Å². The highest BCUT2D eigenvalue weighted by molar-refractivity contribution is 6.73. The first-order chi connectivity index (χ1) is 8.90. The standard InChI is InChI=1S/C13H18F4OSi/c1-4-19(5-2,18-3)7-6-9-8-10(14)12(16)13(17)11(9)15/h8H,4-7H2,1-3H3. The Kier molecular flexibility index (Phi) is 5.55. The van der Waals surface area contributed by atoms with Crippen molar-refractivity contribution < 1.29 is 22.0 Å². The van der Waals surface area contributed by atoms with Gasteiger partial charge < -0.3 is 4.43 Å². The first-order valence-corrected chi connectivity index (χ1v) is 8.80. The zero-order chi connectivity index (χ0) is 14.6. The number of hydrogen-bond donors (Lipinski definition) is 0. The average Bonchev–Trinajstić information content (AvgIpc) is 2.43. The Hall–Kier alpha value is -0.883. The lowest BCUT2D eigenvalue weighted by molar-refractivity contribution is 0.388. The lowest BCUT2D eigenvalue weighted by atomic mass is 10.1. The van der Waals surface area contributed by atoms with Gasteiger partial charge >= 0.3 is 0 Å². The summed E-state index contributed by atoms with van der Waals surface area (Å²) in [4.78, 5) is 0. The Bertz CT molecular complexity index is 438. The van der Waals surface area contributed by atoms with E-state index in [1.54, 1.807) is 7.11 Å². The lowest BCUT2D eigenvalue weighted by Crippen LogP contribution is -2.35. The fourth-order valence-electron chi connectivity index (χ4n) is 2.16. The molecule has 0 saturated carbocycles. The predicted molar refractivity (Wildman–Crippen MR) is 68.5 cm³/mol. The molecular weight excluding hydrogens is 276 g/mol. The zero-order valence-electron chi connectivity index (χ0n) is 11.3. The van der Waals surface area contributed by atoms with E-state index in [2.05, 4.69) is 0 Å². The van der Waals surface area contributed by atoms with Gasteiger partial charge in [-0.05, 0) is 36.2 Å². The molecule has 1 nitrogen and oxygen atoms in total. The monoisotopic (exact) mass is 294 g/mol. The second-order valence-corrected chi connectivity index (χ2v) is 9.24. The molecule has 0 spiro atoms. The molecule has 0 saturated heterocycles. The quantitative estimate of drug-likeness (QED) is 0.327. The van der Waals surface area contributed by atoms with Crippen LogP contribution < -0.4 is 0 Å². The topological polar surface area (TPSA) is 9.23 Å². The van der Waals surface area contributed by atoms with Crippen LogP contribution in [-0.4, -0.2) is 15.4 Å². The predicted octanol–water partition coefficient (Wildman–Crippen LogP) is 4.42. The summed E-state index contributed by atoms with van der Waals surface area (Å²) in [6, 6.07) is 2.97. The van der Waals surface area contributed by atoms with Crippen LogP contribution in [0.4, 0.5) is 17.6 Å². The van der Waals surface area contributed by atoms with Crippen molar-refractivity contribution in [3.63, 3.8) is 0 Å². The summed E-state index contributed by atoms with van der Waals surface area (Å²) >= 11 is 0. The van der Waals surface area contributed by atoms with Gasteiger partial charge in [-0.15, -0.1) is 0 Å². The first kappa shape index (κ1) is 16.2. The van der Waals surface area contributed by atoms with Gasteiger partial charge in [0.05, 0.1) is 0 Å². The van der Waals surface area contributed by atoms with Gasteiger partial charge in [0, 0.05) is 7.11 Å². The Morgan fingerprint density at radius 2 is 1.58 bits per heavy atom. The first-order valence-electron chi connectivity index (χ1n) is 6.27. The van der Waals surface area contributed by atoms with Crippen LogP contribution in [0.2, 0.25) is 18.1 Å². The Balaban J connectivity index is 2.95. The lowest BCUT2D eigenvalue weighted by Gasteiger charge is -2.27. The van der Waals surface area contributed by atoms with E-state index in [4.69, 9.17) is 4.43 Å². The van der Waals surface area contributed by atoms with Gasteiger partial charge in [0.1, 0.15) is 0 Å². The van der Waals surface area contributed by atoms with Crippen LogP contribution in [0.25, 0.3) is 0 Å². The minimum atomic E-state index is -1.98. The Labute approximate surface area is 111 Å². The zero-order valence-corrected chi connectivity index (χ0v) is 12.3. The maximum absolute atomic E-state index is 13.5. The smallest absolute Gasteiger partial charge is 0.197 e. The van der Waals surface area contributed by atoms with Crippen LogP contribution in [0, 0.1) is 23.3 Å². The molecule has 0 amide bonds. The maximum atomic E-state index is 13.5. The van der Waals surface area contributed by atoms with Crippen molar-refractivity contribution in [3.05, 3.63) is 34.9 Å². The summed E-state index contributed by atoms with van der Waals surface area (Å²) in [7, 11) is -0.364. The average molecular weight is 294 g/mol.